The lowest BCUT2D eigenvalue weighted by Crippen LogP contribution is -2.48. The zero-order valence-corrected chi connectivity index (χ0v) is 19.0. The molecule has 1 unspecified atom stereocenters. The second-order valence-electron chi connectivity index (χ2n) is 9.51. The van der Waals surface area contributed by atoms with Gasteiger partial charge in [-0.25, -0.2) is 9.78 Å². The van der Waals surface area contributed by atoms with E-state index in [0.717, 1.165) is 30.7 Å². The van der Waals surface area contributed by atoms with Crippen LogP contribution in [-0.4, -0.2) is 62.5 Å². The van der Waals surface area contributed by atoms with Gasteiger partial charge in [-0.1, -0.05) is 6.07 Å². The van der Waals surface area contributed by atoms with Crippen LogP contribution >= 0.6 is 0 Å². The fraction of sp³-hybridized carbons (Fsp3) is 0.609. The number of carbonyl (C=O) groups excluding carboxylic acids is 2. The van der Waals surface area contributed by atoms with E-state index in [0.29, 0.717) is 18.8 Å². The summed E-state index contributed by atoms with van der Waals surface area (Å²) >= 11 is 0. The molecule has 1 fully saturated rings. The number of likely N-dealkylation sites (tertiary alicyclic amines) is 1. The van der Waals surface area contributed by atoms with Gasteiger partial charge in [-0.2, -0.15) is 0 Å². The van der Waals surface area contributed by atoms with Gasteiger partial charge in [-0.05, 0) is 72.4 Å². The quantitative estimate of drug-likeness (QED) is 0.754. The van der Waals surface area contributed by atoms with Crippen molar-refractivity contribution in [2.24, 2.45) is 5.92 Å². The molecule has 1 aliphatic heterocycles. The summed E-state index contributed by atoms with van der Waals surface area (Å²) in [7, 11) is 0. The lowest BCUT2D eigenvalue weighted by Gasteiger charge is -2.37. The number of imidazole rings is 1. The average molecular weight is 415 g/mol. The first-order valence-electron chi connectivity index (χ1n) is 10.8. The van der Waals surface area contributed by atoms with Gasteiger partial charge in [0.2, 0.25) is 0 Å². The molecule has 2 amide bonds. The molecule has 0 radical (unpaired) electrons. The second-order valence-corrected chi connectivity index (χ2v) is 9.51. The maximum Gasteiger partial charge on any atom is 0.410 e. The van der Waals surface area contributed by atoms with E-state index < -0.39 is 5.60 Å². The van der Waals surface area contributed by atoms with Gasteiger partial charge in [-0.3, -0.25) is 4.79 Å². The van der Waals surface area contributed by atoms with Crippen molar-refractivity contribution < 1.29 is 14.3 Å². The number of carbonyl (C=O) groups is 2. The highest BCUT2D eigenvalue weighted by Gasteiger charge is 2.31. The Kier molecular flexibility index (Phi) is 6.38. The number of hydrogen-bond acceptors (Lipinski definition) is 4. The minimum Gasteiger partial charge on any atom is -0.444 e. The van der Waals surface area contributed by atoms with Crippen molar-refractivity contribution in [3.63, 3.8) is 0 Å². The van der Waals surface area contributed by atoms with E-state index in [4.69, 9.17) is 4.74 Å². The van der Waals surface area contributed by atoms with Gasteiger partial charge in [0.1, 0.15) is 16.9 Å². The number of ether oxygens (including phenoxy) is 1. The molecule has 2 aromatic heterocycles. The molecule has 30 heavy (non-hydrogen) atoms. The van der Waals surface area contributed by atoms with Crippen LogP contribution in [0.5, 0.6) is 0 Å². The third-order valence-corrected chi connectivity index (χ3v) is 5.43. The van der Waals surface area contributed by atoms with Gasteiger partial charge < -0.3 is 18.9 Å². The Morgan fingerprint density at radius 2 is 2.03 bits per heavy atom. The highest BCUT2D eigenvalue weighted by molar-refractivity contribution is 5.93. The van der Waals surface area contributed by atoms with Crippen LogP contribution in [0.3, 0.4) is 0 Å². The predicted octanol–water partition coefficient (Wildman–Crippen LogP) is 4.14. The van der Waals surface area contributed by atoms with Crippen LogP contribution in [0.25, 0.3) is 5.65 Å². The minimum absolute atomic E-state index is 0.0346. The first kappa shape index (κ1) is 22.1. The maximum absolute atomic E-state index is 13.1. The van der Waals surface area contributed by atoms with Crippen LogP contribution in [-0.2, 0) is 4.74 Å². The van der Waals surface area contributed by atoms with Gasteiger partial charge in [0, 0.05) is 37.6 Å². The van der Waals surface area contributed by atoms with E-state index >= 15 is 0 Å². The molecule has 7 heteroatoms. The highest BCUT2D eigenvalue weighted by atomic mass is 16.6. The van der Waals surface area contributed by atoms with Gasteiger partial charge in [0.25, 0.3) is 5.91 Å². The molecule has 3 heterocycles. The number of nitrogens with zero attached hydrogens (tertiary/aromatic N) is 4. The number of rotatable bonds is 4. The second kappa shape index (κ2) is 8.66. The molecule has 0 bridgehead atoms. The molecule has 0 N–H and O–H groups in total. The van der Waals surface area contributed by atoms with Crippen molar-refractivity contribution in [3.05, 3.63) is 35.8 Å². The van der Waals surface area contributed by atoms with Crippen LogP contribution in [0, 0.1) is 12.8 Å². The summed E-state index contributed by atoms with van der Waals surface area (Å²) in [4.78, 5) is 33.9. The van der Waals surface area contributed by atoms with E-state index in [1.54, 1.807) is 4.90 Å². The topological polar surface area (TPSA) is 67.2 Å². The van der Waals surface area contributed by atoms with Gasteiger partial charge >= 0.3 is 6.09 Å². The van der Waals surface area contributed by atoms with Gasteiger partial charge in [-0.15, -0.1) is 0 Å². The summed E-state index contributed by atoms with van der Waals surface area (Å²) in [5, 5.41) is 0. The molecule has 1 atom stereocenters. The standard InChI is InChI=1S/C23H34N4O3/c1-16(2)26(22(29)30-23(4,5)6)14-18-10-8-12-25(13-18)21(28)19-15-27-17(3)9-7-11-20(27)24-19/h7,9,11,15-16,18H,8,10,12-14H2,1-6H3. The third kappa shape index (κ3) is 5.12. The van der Waals surface area contributed by atoms with Crippen molar-refractivity contribution in [3.8, 4) is 0 Å². The van der Waals surface area contributed by atoms with Crippen molar-refractivity contribution in [1.82, 2.24) is 19.2 Å². The molecule has 3 rings (SSSR count). The van der Waals surface area contributed by atoms with E-state index in [1.165, 1.54) is 0 Å². The maximum atomic E-state index is 13.1. The van der Waals surface area contributed by atoms with Gasteiger partial charge in [0.05, 0.1) is 0 Å². The molecular formula is C23H34N4O3. The lowest BCUT2D eigenvalue weighted by atomic mass is 9.96. The average Bonchev–Trinajstić information content (AvgIpc) is 3.10. The predicted molar refractivity (Wildman–Crippen MR) is 117 cm³/mol. The van der Waals surface area contributed by atoms with Crippen LogP contribution < -0.4 is 0 Å². The Labute approximate surface area is 179 Å². The van der Waals surface area contributed by atoms with Crippen LogP contribution in [0.15, 0.2) is 24.4 Å². The van der Waals surface area contributed by atoms with Gasteiger partial charge in [0.15, 0.2) is 0 Å². The lowest BCUT2D eigenvalue weighted by molar-refractivity contribution is 0.0123. The van der Waals surface area contributed by atoms with E-state index in [2.05, 4.69) is 4.98 Å². The minimum atomic E-state index is -0.528. The molecule has 1 aliphatic rings. The Morgan fingerprint density at radius 3 is 2.67 bits per heavy atom. The fourth-order valence-electron chi connectivity index (χ4n) is 3.91. The Hall–Kier alpha value is -2.57. The van der Waals surface area contributed by atoms with Crippen LogP contribution in [0.2, 0.25) is 0 Å². The number of fused-ring (bicyclic) bond motifs is 1. The van der Waals surface area contributed by atoms with E-state index in [-0.39, 0.29) is 24.0 Å². The summed E-state index contributed by atoms with van der Waals surface area (Å²) in [6.07, 6.45) is 3.43. The summed E-state index contributed by atoms with van der Waals surface area (Å²) in [6, 6.07) is 5.88. The number of amides is 2. The Bertz CT molecular complexity index is 913. The molecule has 0 saturated carbocycles. The van der Waals surface area contributed by atoms with Crippen molar-refractivity contribution >= 4 is 17.6 Å². The number of aryl methyl sites for hydroxylation is 1. The highest BCUT2D eigenvalue weighted by Crippen LogP contribution is 2.22. The number of pyridine rings is 1. The molecule has 0 aliphatic carbocycles. The summed E-state index contributed by atoms with van der Waals surface area (Å²) in [5.74, 6) is 0.174. The smallest absolute Gasteiger partial charge is 0.410 e. The third-order valence-electron chi connectivity index (χ3n) is 5.43. The molecule has 2 aromatic rings. The molecule has 1 saturated heterocycles. The molecule has 164 valence electrons. The SMILES string of the molecule is Cc1cccc2nc(C(=O)N3CCCC(CN(C(=O)OC(C)(C)C)C(C)C)C3)cn12. The molecule has 0 spiro atoms. The summed E-state index contributed by atoms with van der Waals surface area (Å²) < 4.78 is 7.53. The molecule has 7 nitrogen and oxygen atoms in total. The summed E-state index contributed by atoms with van der Waals surface area (Å²) in [6.45, 7) is 13.5. The van der Waals surface area contributed by atoms with E-state index in [9.17, 15) is 9.59 Å². The first-order chi connectivity index (χ1) is 14.0. The Balaban J connectivity index is 1.69. The number of hydrogen-bond donors (Lipinski definition) is 0. The normalized spacial score (nSPS) is 17.4. The number of aromatic nitrogens is 2. The van der Waals surface area contributed by atoms with E-state index in [1.807, 2.05) is 75.2 Å². The zero-order chi connectivity index (χ0) is 22.1. The number of piperidine rings is 1. The van der Waals surface area contributed by atoms with Crippen molar-refractivity contribution in [2.75, 3.05) is 19.6 Å². The largest absolute Gasteiger partial charge is 0.444 e. The van der Waals surface area contributed by atoms with Crippen molar-refractivity contribution in [2.45, 2.75) is 66.0 Å². The fourth-order valence-corrected chi connectivity index (χ4v) is 3.91. The monoisotopic (exact) mass is 414 g/mol. The van der Waals surface area contributed by atoms with Crippen LogP contribution in [0.1, 0.15) is 63.6 Å². The zero-order valence-electron chi connectivity index (χ0n) is 19.0. The summed E-state index contributed by atoms with van der Waals surface area (Å²) in [5.41, 5.74) is 1.76. The Morgan fingerprint density at radius 1 is 1.30 bits per heavy atom. The van der Waals surface area contributed by atoms with Crippen LogP contribution in [0.4, 0.5) is 4.79 Å². The molecular weight excluding hydrogens is 380 g/mol. The first-order valence-corrected chi connectivity index (χ1v) is 10.8. The van der Waals surface area contributed by atoms with Crippen molar-refractivity contribution in [1.29, 1.82) is 0 Å². The molecule has 0 aromatic carbocycles.